The lowest BCUT2D eigenvalue weighted by molar-refractivity contribution is -0.131. The highest BCUT2D eigenvalue weighted by molar-refractivity contribution is 5.81. The molecule has 0 aliphatic carbocycles. The van der Waals surface area contributed by atoms with E-state index < -0.39 is 6.10 Å². The van der Waals surface area contributed by atoms with Crippen LogP contribution in [0.2, 0.25) is 0 Å². The lowest BCUT2D eigenvalue weighted by Crippen LogP contribution is -2.42. The molecule has 1 saturated heterocycles. The Balaban J connectivity index is 1.53. The molecule has 3 aromatic rings. The number of aromatic nitrogens is 2. The van der Waals surface area contributed by atoms with Crippen LogP contribution in [0.4, 0.5) is 0 Å². The van der Waals surface area contributed by atoms with Crippen molar-refractivity contribution < 1.29 is 19.4 Å². The van der Waals surface area contributed by atoms with Crippen molar-refractivity contribution >= 4 is 16.9 Å². The van der Waals surface area contributed by atoms with Gasteiger partial charge in [0.05, 0.1) is 24.7 Å². The quantitative estimate of drug-likeness (QED) is 0.611. The van der Waals surface area contributed by atoms with E-state index in [9.17, 15) is 9.90 Å². The van der Waals surface area contributed by atoms with E-state index in [-0.39, 0.29) is 24.0 Å². The molecule has 0 spiro atoms. The monoisotopic (exact) mass is 437 g/mol. The normalized spacial score (nSPS) is 17.7. The van der Waals surface area contributed by atoms with E-state index in [0.717, 1.165) is 22.6 Å². The molecule has 1 amide bonds. The number of rotatable bonds is 7. The predicted molar refractivity (Wildman–Crippen MR) is 123 cm³/mol. The van der Waals surface area contributed by atoms with Gasteiger partial charge in [0.2, 0.25) is 5.91 Å². The fraction of sp³-hybridized carbons (Fsp3) is 0.440. The second-order valence-corrected chi connectivity index (χ2v) is 9.29. The number of aliphatic hydroxyl groups excluding tert-OH is 1. The number of ether oxygens (including phenoxy) is 2. The summed E-state index contributed by atoms with van der Waals surface area (Å²) in [5, 5.41) is 10.8. The highest BCUT2D eigenvalue weighted by atomic mass is 16.5. The highest BCUT2D eigenvalue weighted by Gasteiger charge is 2.39. The molecular formula is C25H31N3O4. The number of carbonyl (C=O) groups excluding carboxylic acids is 1. The third-order valence-corrected chi connectivity index (χ3v) is 5.88. The summed E-state index contributed by atoms with van der Waals surface area (Å²) in [4.78, 5) is 19.4. The standard InChI is InChI=1S/C25H31N3O4/c1-25(2,3)28-14-17(13-23(28)30)24-26-21-7-5-6-8-22(21)27(24)15-18(29)16-32-20-11-9-19(31-4)10-12-20/h5-12,17-18,29H,13-16H2,1-4H3/t17-,18-/m1/s1. The number of fused-ring (bicyclic) bond motifs is 1. The van der Waals surface area contributed by atoms with Gasteiger partial charge in [0.1, 0.15) is 30.0 Å². The van der Waals surface area contributed by atoms with Gasteiger partial charge < -0.3 is 24.0 Å². The lowest BCUT2D eigenvalue weighted by Gasteiger charge is -2.32. The van der Waals surface area contributed by atoms with E-state index in [4.69, 9.17) is 14.5 Å². The van der Waals surface area contributed by atoms with E-state index in [1.54, 1.807) is 7.11 Å². The first-order valence-corrected chi connectivity index (χ1v) is 11.0. The van der Waals surface area contributed by atoms with E-state index in [1.165, 1.54) is 0 Å². The Morgan fingerprint density at radius 2 is 1.81 bits per heavy atom. The van der Waals surface area contributed by atoms with Crippen molar-refractivity contribution in [1.82, 2.24) is 14.5 Å². The minimum absolute atomic E-state index is 0.0103. The first-order chi connectivity index (χ1) is 15.3. The van der Waals surface area contributed by atoms with E-state index in [1.807, 2.05) is 58.0 Å². The highest BCUT2D eigenvalue weighted by Crippen LogP contribution is 2.34. The number of nitrogens with zero attached hydrogens (tertiary/aromatic N) is 3. The maximum Gasteiger partial charge on any atom is 0.223 e. The summed E-state index contributed by atoms with van der Waals surface area (Å²) in [5.74, 6) is 2.40. The number of hydrogen-bond donors (Lipinski definition) is 1. The molecular weight excluding hydrogens is 406 g/mol. The Labute approximate surface area is 188 Å². The summed E-state index contributed by atoms with van der Waals surface area (Å²) >= 11 is 0. The molecule has 32 heavy (non-hydrogen) atoms. The van der Waals surface area contributed by atoms with E-state index in [2.05, 4.69) is 20.8 Å². The predicted octanol–water partition coefficient (Wildman–Crippen LogP) is 3.60. The first kappa shape index (κ1) is 22.1. The van der Waals surface area contributed by atoms with Crippen molar-refractivity contribution in [1.29, 1.82) is 0 Å². The minimum atomic E-state index is -0.732. The molecule has 1 N–H and O–H groups in total. The van der Waals surface area contributed by atoms with Crippen molar-refractivity contribution in [2.24, 2.45) is 0 Å². The van der Waals surface area contributed by atoms with E-state index in [0.29, 0.717) is 25.3 Å². The maximum absolute atomic E-state index is 12.7. The van der Waals surface area contributed by atoms with Crippen LogP contribution in [0.25, 0.3) is 11.0 Å². The molecule has 2 heterocycles. The Morgan fingerprint density at radius 3 is 2.47 bits per heavy atom. The number of benzene rings is 2. The number of methoxy groups -OCH3 is 1. The van der Waals surface area contributed by atoms with E-state index >= 15 is 0 Å². The van der Waals surface area contributed by atoms with Gasteiger partial charge >= 0.3 is 0 Å². The largest absolute Gasteiger partial charge is 0.497 e. The SMILES string of the molecule is COc1ccc(OC[C@H](O)Cn2c([C@@H]3CC(=O)N(C(C)(C)C)C3)nc3ccccc32)cc1. The zero-order chi connectivity index (χ0) is 22.9. The van der Waals surface area contributed by atoms with Crippen molar-refractivity contribution in [3.05, 3.63) is 54.4 Å². The van der Waals surface area contributed by atoms with Crippen LogP contribution in [0.15, 0.2) is 48.5 Å². The molecule has 0 radical (unpaired) electrons. The number of para-hydroxylation sites is 2. The molecule has 1 aliphatic heterocycles. The molecule has 1 fully saturated rings. The third-order valence-electron chi connectivity index (χ3n) is 5.88. The molecule has 2 atom stereocenters. The number of aliphatic hydroxyl groups is 1. The topological polar surface area (TPSA) is 76.8 Å². The van der Waals surface area contributed by atoms with Gasteiger partial charge in [-0.3, -0.25) is 4.79 Å². The van der Waals surface area contributed by atoms with Gasteiger partial charge in [-0.1, -0.05) is 12.1 Å². The Bertz CT molecular complexity index is 1080. The maximum atomic E-state index is 12.7. The second-order valence-electron chi connectivity index (χ2n) is 9.29. The zero-order valence-corrected chi connectivity index (χ0v) is 19.1. The number of amides is 1. The van der Waals surface area contributed by atoms with Crippen molar-refractivity contribution in [2.45, 2.75) is 51.3 Å². The molecule has 0 bridgehead atoms. The number of hydrogen-bond acceptors (Lipinski definition) is 5. The third kappa shape index (κ3) is 4.58. The summed E-state index contributed by atoms with van der Waals surface area (Å²) in [6, 6.07) is 15.2. The first-order valence-electron chi connectivity index (χ1n) is 11.0. The number of imidazole rings is 1. The smallest absolute Gasteiger partial charge is 0.223 e. The summed E-state index contributed by atoms with van der Waals surface area (Å²) in [6.45, 7) is 7.27. The van der Waals surface area contributed by atoms with Crippen LogP contribution >= 0.6 is 0 Å². The number of carbonyl (C=O) groups is 1. The Morgan fingerprint density at radius 1 is 1.12 bits per heavy atom. The molecule has 7 heteroatoms. The molecule has 0 saturated carbocycles. The lowest BCUT2D eigenvalue weighted by atomic mass is 10.1. The molecule has 7 nitrogen and oxygen atoms in total. The van der Waals surface area contributed by atoms with Crippen LogP contribution in [-0.2, 0) is 11.3 Å². The molecule has 0 unspecified atom stereocenters. The van der Waals surface area contributed by atoms with Crippen LogP contribution in [0, 0.1) is 0 Å². The van der Waals surface area contributed by atoms with Gasteiger partial charge in [-0.05, 0) is 57.2 Å². The van der Waals surface area contributed by atoms with Gasteiger partial charge in [-0.15, -0.1) is 0 Å². The van der Waals surface area contributed by atoms with Crippen molar-refractivity contribution in [2.75, 3.05) is 20.3 Å². The van der Waals surface area contributed by atoms with Crippen molar-refractivity contribution in [3.63, 3.8) is 0 Å². The summed E-state index contributed by atoms with van der Waals surface area (Å²) in [6.07, 6.45) is -0.303. The van der Waals surface area contributed by atoms with Gasteiger partial charge in [0.25, 0.3) is 0 Å². The zero-order valence-electron chi connectivity index (χ0n) is 19.1. The average Bonchev–Trinajstić information content (AvgIpc) is 3.33. The van der Waals surface area contributed by atoms with Gasteiger partial charge in [-0.25, -0.2) is 4.98 Å². The van der Waals surface area contributed by atoms with Gasteiger partial charge in [0.15, 0.2) is 0 Å². The molecule has 170 valence electrons. The average molecular weight is 438 g/mol. The van der Waals surface area contributed by atoms with Crippen LogP contribution in [0.3, 0.4) is 0 Å². The van der Waals surface area contributed by atoms with Crippen LogP contribution < -0.4 is 9.47 Å². The molecule has 2 aromatic carbocycles. The number of likely N-dealkylation sites (tertiary alicyclic amines) is 1. The molecule has 1 aliphatic rings. The summed E-state index contributed by atoms with van der Waals surface area (Å²) in [7, 11) is 1.62. The molecule has 1 aromatic heterocycles. The minimum Gasteiger partial charge on any atom is -0.497 e. The van der Waals surface area contributed by atoms with Gasteiger partial charge in [-0.2, -0.15) is 0 Å². The van der Waals surface area contributed by atoms with Crippen molar-refractivity contribution in [3.8, 4) is 11.5 Å². The second kappa shape index (κ2) is 8.82. The fourth-order valence-electron chi connectivity index (χ4n) is 4.25. The fourth-order valence-corrected chi connectivity index (χ4v) is 4.25. The Hall–Kier alpha value is -3.06. The Kier molecular flexibility index (Phi) is 6.11. The summed E-state index contributed by atoms with van der Waals surface area (Å²) < 4.78 is 13.0. The van der Waals surface area contributed by atoms with Crippen LogP contribution in [-0.4, -0.2) is 57.4 Å². The molecule has 4 rings (SSSR count). The van der Waals surface area contributed by atoms with Gasteiger partial charge in [0, 0.05) is 24.4 Å². The van der Waals surface area contributed by atoms with Crippen LogP contribution in [0.5, 0.6) is 11.5 Å². The summed E-state index contributed by atoms with van der Waals surface area (Å²) in [5.41, 5.74) is 1.59. The van der Waals surface area contributed by atoms with Crippen LogP contribution in [0.1, 0.15) is 38.9 Å².